The number of carbonyl (C=O) groups is 5. The van der Waals surface area contributed by atoms with E-state index in [1.165, 1.54) is 0 Å². The number of rotatable bonds is 14. The van der Waals surface area contributed by atoms with Crippen LogP contribution in [0.4, 0.5) is 9.59 Å². The zero-order valence-electron chi connectivity index (χ0n) is 32.1. The Morgan fingerprint density at radius 1 is 0.833 bits per heavy atom. The molecule has 2 aromatic rings. The maximum Gasteiger partial charge on any atom is 0.407 e. The second kappa shape index (κ2) is 20.0. The minimum atomic E-state index is -0.930. The van der Waals surface area contributed by atoms with E-state index < -0.39 is 29.2 Å². The molecule has 0 aliphatic carbocycles. The molecule has 4 rings (SSSR count). The molecule has 0 bridgehead atoms. The first-order valence-corrected chi connectivity index (χ1v) is 19.8. The highest BCUT2D eigenvalue weighted by Crippen LogP contribution is 2.35. The molecule has 2 saturated heterocycles. The Hall–Kier alpha value is -4.03. The highest BCUT2D eigenvalue weighted by Gasteiger charge is 2.44. The summed E-state index contributed by atoms with van der Waals surface area (Å²) in [6, 6.07) is 13.6. The van der Waals surface area contributed by atoms with Crippen LogP contribution in [0.3, 0.4) is 0 Å². The number of likely N-dealkylation sites (tertiary alicyclic amines) is 1. The van der Waals surface area contributed by atoms with Gasteiger partial charge in [0.25, 0.3) is 0 Å². The highest BCUT2D eigenvalue weighted by atomic mass is 35.5. The lowest BCUT2D eigenvalue weighted by Crippen LogP contribution is -2.60. The number of alkyl carbamates (subject to hydrolysis) is 1. The van der Waals surface area contributed by atoms with Gasteiger partial charge in [0.1, 0.15) is 11.6 Å². The molecule has 12 nitrogen and oxygen atoms in total. The quantitative estimate of drug-likeness (QED) is 0.206. The van der Waals surface area contributed by atoms with Crippen LogP contribution >= 0.6 is 23.2 Å². The van der Waals surface area contributed by atoms with Crippen LogP contribution in [0.5, 0.6) is 0 Å². The average Bonchev–Trinajstić information content (AvgIpc) is 3.13. The van der Waals surface area contributed by atoms with Crippen molar-refractivity contribution >= 4 is 53.0 Å². The molecule has 0 spiro atoms. The summed E-state index contributed by atoms with van der Waals surface area (Å²) in [5.41, 5.74) is 0.382. The van der Waals surface area contributed by atoms with E-state index in [4.69, 9.17) is 27.9 Å². The Labute approximate surface area is 329 Å². The van der Waals surface area contributed by atoms with Crippen molar-refractivity contribution in [3.63, 3.8) is 0 Å². The third-order valence-corrected chi connectivity index (χ3v) is 10.5. The van der Waals surface area contributed by atoms with Crippen LogP contribution in [-0.2, 0) is 32.0 Å². The molecule has 296 valence electrons. The molecular formula is C40H56Cl2N6O6. The van der Waals surface area contributed by atoms with Gasteiger partial charge in [-0.25, -0.2) is 9.59 Å². The third-order valence-electron chi connectivity index (χ3n) is 9.77. The van der Waals surface area contributed by atoms with Crippen molar-refractivity contribution in [1.82, 2.24) is 30.7 Å². The van der Waals surface area contributed by atoms with Gasteiger partial charge in [0.05, 0.1) is 15.5 Å². The number of amides is 6. The van der Waals surface area contributed by atoms with E-state index in [2.05, 4.69) is 16.0 Å². The Kier molecular flexibility index (Phi) is 15.9. The molecule has 2 atom stereocenters. The summed E-state index contributed by atoms with van der Waals surface area (Å²) >= 11 is 12.5. The molecule has 0 saturated carbocycles. The molecule has 0 unspecified atom stereocenters. The van der Waals surface area contributed by atoms with Crippen LogP contribution in [-0.4, -0.2) is 109 Å². The fourth-order valence-corrected chi connectivity index (χ4v) is 7.35. The molecule has 2 fully saturated rings. The smallest absolute Gasteiger partial charge is 0.407 e. The number of unbranched alkanes of at least 4 members (excludes halogenated alkanes) is 2. The topological polar surface area (TPSA) is 140 Å². The number of nitrogens with one attached hydrogen (secondary N) is 3. The van der Waals surface area contributed by atoms with E-state index >= 15 is 0 Å². The standard InChI is InChI=1S/C40H56Cl2N6O6/c1-5-43-36(51)40(27-29-13-8-6-9-14-29)18-12-20-48(28-40)35(50)33(26-30-16-17-31(41)32(42)25-30)45-37(52)47-23-21-46(22-24-47)34(49)15-10-7-11-19-44-38(53)54-39(2,3)4/h6,8-9,13-14,16-17,25,33H,5,7,10-12,15,18-24,26-28H2,1-4H3,(H,43,51)(H,44,53)(H,45,52)/t33-,40+/m1/s1. The molecule has 0 radical (unpaired) electrons. The summed E-state index contributed by atoms with van der Waals surface area (Å²) in [6.07, 6.45) is 4.09. The number of hydrogen-bond donors (Lipinski definition) is 3. The molecule has 3 N–H and O–H groups in total. The summed E-state index contributed by atoms with van der Waals surface area (Å²) in [7, 11) is 0. The number of halogens is 2. The van der Waals surface area contributed by atoms with Crippen LogP contribution in [0.2, 0.25) is 10.0 Å². The van der Waals surface area contributed by atoms with Crippen LogP contribution < -0.4 is 16.0 Å². The monoisotopic (exact) mass is 786 g/mol. The minimum absolute atomic E-state index is 0.0269. The first-order valence-electron chi connectivity index (χ1n) is 19.0. The number of carbonyl (C=O) groups excluding carboxylic acids is 5. The Morgan fingerprint density at radius 3 is 2.20 bits per heavy atom. The fourth-order valence-electron chi connectivity index (χ4n) is 7.03. The summed E-state index contributed by atoms with van der Waals surface area (Å²) in [5.74, 6) is -0.330. The highest BCUT2D eigenvalue weighted by molar-refractivity contribution is 6.42. The molecule has 2 aliphatic heterocycles. The second-order valence-electron chi connectivity index (χ2n) is 15.2. The Balaban J connectivity index is 1.36. The number of piperazine rings is 1. The van der Waals surface area contributed by atoms with Gasteiger partial charge in [-0.1, -0.05) is 66.0 Å². The summed E-state index contributed by atoms with van der Waals surface area (Å²) < 4.78 is 5.24. The number of benzene rings is 2. The van der Waals surface area contributed by atoms with Gasteiger partial charge >= 0.3 is 12.1 Å². The van der Waals surface area contributed by atoms with Crippen molar-refractivity contribution in [2.24, 2.45) is 5.41 Å². The van der Waals surface area contributed by atoms with Gasteiger partial charge in [-0.3, -0.25) is 14.4 Å². The third kappa shape index (κ3) is 12.8. The average molecular weight is 788 g/mol. The molecular weight excluding hydrogens is 731 g/mol. The maximum atomic E-state index is 14.4. The molecule has 14 heteroatoms. The van der Waals surface area contributed by atoms with Crippen molar-refractivity contribution < 1.29 is 28.7 Å². The zero-order valence-corrected chi connectivity index (χ0v) is 33.6. The minimum Gasteiger partial charge on any atom is -0.444 e. The first kappa shape index (κ1) is 42.7. The lowest BCUT2D eigenvalue weighted by molar-refractivity contribution is -0.142. The first-order chi connectivity index (χ1) is 25.7. The number of nitrogens with zero attached hydrogens (tertiary/aromatic N) is 3. The van der Waals surface area contributed by atoms with E-state index in [-0.39, 0.29) is 30.7 Å². The predicted octanol–water partition coefficient (Wildman–Crippen LogP) is 5.83. The van der Waals surface area contributed by atoms with Crippen molar-refractivity contribution in [2.45, 2.75) is 90.7 Å². The van der Waals surface area contributed by atoms with Crippen molar-refractivity contribution in [1.29, 1.82) is 0 Å². The van der Waals surface area contributed by atoms with Crippen molar-refractivity contribution in [2.75, 3.05) is 52.4 Å². The van der Waals surface area contributed by atoms with Crippen LogP contribution in [0.15, 0.2) is 48.5 Å². The predicted molar refractivity (Wildman–Crippen MR) is 210 cm³/mol. The summed E-state index contributed by atoms with van der Waals surface area (Å²) in [5, 5.41) is 9.47. The van der Waals surface area contributed by atoms with Gasteiger partial charge in [0, 0.05) is 65.2 Å². The van der Waals surface area contributed by atoms with Crippen LogP contribution in [0, 0.1) is 5.41 Å². The van der Waals surface area contributed by atoms with E-state index in [1.807, 2.05) is 58.0 Å². The zero-order chi connectivity index (χ0) is 39.3. The second-order valence-corrected chi connectivity index (χ2v) is 16.0. The van der Waals surface area contributed by atoms with E-state index in [9.17, 15) is 24.0 Å². The van der Waals surface area contributed by atoms with Crippen molar-refractivity contribution in [3.05, 3.63) is 69.7 Å². The SMILES string of the molecule is CCNC(=O)[C@]1(Cc2ccccc2)CCCN(C(=O)[C@@H](Cc2ccc(Cl)c(Cl)c2)NC(=O)N2CCN(C(=O)CCCCCNC(=O)OC(C)(C)C)CC2)C1. The number of urea groups is 1. The van der Waals surface area contributed by atoms with Crippen molar-refractivity contribution in [3.8, 4) is 0 Å². The largest absolute Gasteiger partial charge is 0.444 e. The van der Waals surface area contributed by atoms with Crippen LogP contribution in [0.25, 0.3) is 0 Å². The fraction of sp³-hybridized carbons (Fsp3) is 0.575. The molecule has 54 heavy (non-hydrogen) atoms. The molecule has 0 aromatic heterocycles. The van der Waals surface area contributed by atoms with E-state index in [0.717, 1.165) is 24.0 Å². The van der Waals surface area contributed by atoms with E-state index in [0.29, 0.717) is 88.0 Å². The number of ether oxygens (including phenoxy) is 1. The van der Waals surface area contributed by atoms with Crippen LogP contribution in [0.1, 0.15) is 77.3 Å². The normalized spacial score (nSPS) is 18.1. The summed E-state index contributed by atoms with van der Waals surface area (Å²) in [4.78, 5) is 71.7. The molecule has 6 amide bonds. The number of piperidine rings is 1. The maximum absolute atomic E-state index is 14.4. The van der Waals surface area contributed by atoms with Gasteiger partial charge in [0.15, 0.2) is 0 Å². The van der Waals surface area contributed by atoms with Gasteiger partial charge in [-0.2, -0.15) is 0 Å². The van der Waals surface area contributed by atoms with Gasteiger partial charge in [0.2, 0.25) is 17.7 Å². The lowest BCUT2D eigenvalue weighted by Gasteiger charge is -2.43. The molecule has 2 aliphatic rings. The van der Waals surface area contributed by atoms with Gasteiger partial charge in [-0.15, -0.1) is 0 Å². The van der Waals surface area contributed by atoms with E-state index in [1.54, 1.807) is 32.9 Å². The Bertz CT molecular complexity index is 1600. The number of hydrogen-bond acceptors (Lipinski definition) is 6. The van der Waals surface area contributed by atoms with Gasteiger partial charge < -0.3 is 35.4 Å². The summed E-state index contributed by atoms with van der Waals surface area (Å²) in [6.45, 7) is 10.4. The lowest BCUT2D eigenvalue weighted by atomic mass is 9.74. The van der Waals surface area contributed by atoms with Gasteiger partial charge in [-0.05, 0) is 83.1 Å². The molecule has 2 heterocycles. The Morgan fingerprint density at radius 2 is 1.54 bits per heavy atom. The molecule has 2 aromatic carbocycles.